The van der Waals surface area contributed by atoms with Crippen molar-refractivity contribution in [1.29, 1.82) is 0 Å². The summed E-state index contributed by atoms with van der Waals surface area (Å²) in [7, 11) is 0. The van der Waals surface area contributed by atoms with Crippen LogP contribution in [0.3, 0.4) is 0 Å². The minimum Gasteiger partial charge on any atom is -0.394 e. The Morgan fingerprint density at radius 2 is 2.12 bits per heavy atom. The van der Waals surface area contributed by atoms with Crippen LogP contribution in [-0.2, 0) is 6.42 Å². The first-order valence-corrected chi connectivity index (χ1v) is 6.33. The summed E-state index contributed by atoms with van der Waals surface area (Å²) in [6.07, 6.45) is 0.978. The van der Waals surface area contributed by atoms with Crippen molar-refractivity contribution < 1.29 is 5.11 Å². The van der Waals surface area contributed by atoms with Gasteiger partial charge in [-0.25, -0.2) is 0 Å². The number of hydrogen-bond acceptors (Lipinski definition) is 3. The SMILES string of the molecule is C[C@]1(CO)CN[C@@H](Cc2ccc(Cl)cc2)CN1. The summed E-state index contributed by atoms with van der Waals surface area (Å²) >= 11 is 5.85. The summed E-state index contributed by atoms with van der Waals surface area (Å²) in [5.41, 5.74) is 1.09. The molecule has 0 aromatic heterocycles. The van der Waals surface area contributed by atoms with Crippen LogP contribution in [0, 0.1) is 0 Å². The van der Waals surface area contributed by atoms with Crippen molar-refractivity contribution in [3.05, 3.63) is 34.9 Å². The quantitative estimate of drug-likeness (QED) is 0.760. The number of rotatable bonds is 3. The topological polar surface area (TPSA) is 44.3 Å². The van der Waals surface area contributed by atoms with Crippen LogP contribution in [-0.4, -0.2) is 36.4 Å². The highest BCUT2D eigenvalue weighted by molar-refractivity contribution is 6.30. The number of piperazine rings is 1. The van der Waals surface area contributed by atoms with Crippen LogP contribution in [0.25, 0.3) is 0 Å². The summed E-state index contributed by atoms with van der Waals surface area (Å²) in [5.74, 6) is 0. The van der Waals surface area contributed by atoms with Gasteiger partial charge in [0, 0.05) is 24.2 Å². The van der Waals surface area contributed by atoms with Crippen LogP contribution in [0.4, 0.5) is 0 Å². The van der Waals surface area contributed by atoms with Gasteiger partial charge in [-0.3, -0.25) is 0 Å². The zero-order valence-corrected chi connectivity index (χ0v) is 10.8. The van der Waals surface area contributed by atoms with Crippen molar-refractivity contribution in [3.63, 3.8) is 0 Å². The summed E-state index contributed by atoms with van der Waals surface area (Å²) in [6, 6.07) is 8.37. The molecule has 3 nitrogen and oxygen atoms in total. The average Bonchev–Trinajstić information content (AvgIpc) is 2.35. The van der Waals surface area contributed by atoms with E-state index >= 15 is 0 Å². The normalized spacial score (nSPS) is 29.2. The summed E-state index contributed by atoms with van der Waals surface area (Å²) in [5, 5.41) is 16.9. The van der Waals surface area contributed by atoms with Gasteiger partial charge in [0.1, 0.15) is 0 Å². The molecule has 17 heavy (non-hydrogen) atoms. The van der Waals surface area contributed by atoms with Crippen molar-refractivity contribution in [2.24, 2.45) is 0 Å². The molecule has 1 saturated heterocycles. The highest BCUT2D eigenvalue weighted by Crippen LogP contribution is 2.13. The molecular weight excluding hydrogens is 236 g/mol. The maximum Gasteiger partial charge on any atom is 0.0623 e. The fourth-order valence-corrected chi connectivity index (χ4v) is 2.16. The first kappa shape index (κ1) is 12.8. The Labute approximate surface area is 107 Å². The molecule has 3 N–H and O–H groups in total. The molecule has 1 aliphatic rings. The van der Waals surface area contributed by atoms with E-state index < -0.39 is 0 Å². The monoisotopic (exact) mass is 254 g/mol. The van der Waals surface area contributed by atoms with Crippen molar-refractivity contribution in [1.82, 2.24) is 10.6 Å². The molecule has 1 fully saturated rings. The summed E-state index contributed by atoms with van der Waals surface area (Å²) in [4.78, 5) is 0. The number of benzene rings is 1. The summed E-state index contributed by atoms with van der Waals surface area (Å²) in [6.45, 7) is 3.85. The van der Waals surface area contributed by atoms with Crippen molar-refractivity contribution in [3.8, 4) is 0 Å². The van der Waals surface area contributed by atoms with E-state index in [0.29, 0.717) is 6.04 Å². The third kappa shape index (κ3) is 3.42. The molecule has 0 radical (unpaired) electrons. The first-order valence-electron chi connectivity index (χ1n) is 5.95. The predicted octanol–water partition coefficient (Wildman–Crippen LogP) is 1.19. The maximum absolute atomic E-state index is 9.24. The fraction of sp³-hybridized carbons (Fsp3) is 0.538. The van der Waals surface area contributed by atoms with E-state index in [9.17, 15) is 5.11 Å². The molecule has 94 valence electrons. The Bertz CT molecular complexity index is 358. The minimum absolute atomic E-state index is 0.160. The standard InChI is InChI=1S/C13H19ClN2O/c1-13(9-17)8-15-12(7-16-13)6-10-2-4-11(14)5-3-10/h2-5,12,15-17H,6-9H2,1H3/t12-,13+/m0/s1. The van der Waals surface area contributed by atoms with Crippen LogP contribution < -0.4 is 10.6 Å². The molecule has 1 heterocycles. The first-order chi connectivity index (χ1) is 8.11. The van der Waals surface area contributed by atoms with Gasteiger partial charge in [0.05, 0.1) is 12.1 Å². The van der Waals surface area contributed by atoms with E-state index in [1.165, 1.54) is 5.56 Å². The molecule has 0 aliphatic carbocycles. The van der Waals surface area contributed by atoms with E-state index in [2.05, 4.69) is 22.8 Å². The molecule has 2 atom stereocenters. The molecule has 4 heteroatoms. The zero-order chi connectivity index (χ0) is 12.3. The summed E-state index contributed by atoms with van der Waals surface area (Å²) < 4.78 is 0. The molecule has 1 aliphatic heterocycles. The maximum atomic E-state index is 9.24. The highest BCUT2D eigenvalue weighted by Gasteiger charge is 2.29. The second-order valence-electron chi connectivity index (χ2n) is 5.01. The van der Waals surface area contributed by atoms with Crippen LogP contribution in [0.5, 0.6) is 0 Å². The van der Waals surface area contributed by atoms with Gasteiger partial charge in [-0.1, -0.05) is 23.7 Å². The number of aliphatic hydroxyl groups is 1. The van der Waals surface area contributed by atoms with Crippen LogP contribution in [0.1, 0.15) is 12.5 Å². The van der Waals surface area contributed by atoms with Crippen molar-refractivity contribution in [2.45, 2.75) is 24.9 Å². The van der Waals surface area contributed by atoms with Gasteiger partial charge >= 0.3 is 0 Å². The average molecular weight is 255 g/mol. The second-order valence-corrected chi connectivity index (χ2v) is 5.44. The van der Waals surface area contributed by atoms with Gasteiger partial charge in [0.15, 0.2) is 0 Å². The lowest BCUT2D eigenvalue weighted by atomic mass is 9.96. The minimum atomic E-state index is -0.184. The van der Waals surface area contributed by atoms with E-state index in [1.807, 2.05) is 19.1 Å². The predicted molar refractivity (Wildman–Crippen MR) is 70.4 cm³/mol. The molecule has 1 aromatic rings. The lowest BCUT2D eigenvalue weighted by Crippen LogP contribution is -2.63. The van der Waals surface area contributed by atoms with Crippen LogP contribution >= 0.6 is 11.6 Å². The van der Waals surface area contributed by atoms with Crippen LogP contribution in [0.15, 0.2) is 24.3 Å². The van der Waals surface area contributed by atoms with Gasteiger partial charge in [-0.05, 0) is 31.0 Å². The van der Waals surface area contributed by atoms with E-state index in [-0.39, 0.29) is 12.1 Å². The van der Waals surface area contributed by atoms with Gasteiger partial charge in [0.2, 0.25) is 0 Å². The molecular formula is C13H19ClN2O. The lowest BCUT2D eigenvalue weighted by molar-refractivity contribution is 0.143. The Morgan fingerprint density at radius 3 is 2.65 bits per heavy atom. The molecule has 1 aromatic carbocycles. The smallest absolute Gasteiger partial charge is 0.0623 e. The third-order valence-corrected chi connectivity index (χ3v) is 3.55. The van der Waals surface area contributed by atoms with Gasteiger partial charge in [0.25, 0.3) is 0 Å². The van der Waals surface area contributed by atoms with E-state index in [1.54, 1.807) is 0 Å². The number of halogens is 1. The van der Waals surface area contributed by atoms with Crippen molar-refractivity contribution in [2.75, 3.05) is 19.7 Å². The molecule has 0 spiro atoms. The Morgan fingerprint density at radius 1 is 1.41 bits per heavy atom. The largest absolute Gasteiger partial charge is 0.394 e. The van der Waals surface area contributed by atoms with Gasteiger partial charge in [-0.15, -0.1) is 0 Å². The second kappa shape index (κ2) is 5.36. The number of hydrogen-bond donors (Lipinski definition) is 3. The number of nitrogens with one attached hydrogen (secondary N) is 2. The van der Waals surface area contributed by atoms with Crippen LogP contribution in [0.2, 0.25) is 5.02 Å². The number of aliphatic hydroxyl groups excluding tert-OH is 1. The Hall–Kier alpha value is -0.610. The molecule has 0 saturated carbocycles. The van der Waals surface area contributed by atoms with Gasteiger partial charge < -0.3 is 15.7 Å². The van der Waals surface area contributed by atoms with E-state index in [0.717, 1.165) is 24.5 Å². The highest BCUT2D eigenvalue weighted by atomic mass is 35.5. The lowest BCUT2D eigenvalue weighted by Gasteiger charge is -2.38. The third-order valence-electron chi connectivity index (χ3n) is 3.30. The zero-order valence-electron chi connectivity index (χ0n) is 10.0. The van der Waals surface area contributed by atoms with Gasteiger partial charge in [-0.2, -0.15) is 0 Å². The molecule has 2 rings (SSSR count). The fourth-order valence-electron chi connectivity index (χ4n) is 2.04. The molecule has 0 amide bonds. The van der Waals surface area contributed by atoms with E-state index in [4.69, 9.17) is 11.6 Å². The Balaban J connectivity index is 1.88. The molecule has 0 unspecified atom stereocenters. The molecule has 0 bridgehead atoms. The Kier molecular flexibility index (Phi) is 4.05. The van der Waals surface area contributed by atoms with Crippen molar-refractivity contribution >= 4 is 11.6 Å².